The zero-order chi connectivity index (χ0) is 16.8. The first kappa shape index (κ1) is 22.1. The van der Waals surface area contributed by atoms with Gasteiger partial charge in [-0.2, -0.15) is 5.10 Å². The molecule has 10 heteroatoms. The third-order valence-corrected chi connectivity index (χ3v) is 5.73. The van der Waals surface area contributed by atoms with E-state index in [0.717, 1.165) is 5.82 Å². The van der Waals surface area contributed by atoms with Crippen molar-refractivity contribution < 1.29 is 8.42 Å². The van der Waals surface area contributed by atoms with Crippen LogP contribution in [0.2, 0.25) is 0 Å². The maximum Gasteiger partial charge on any atom is 0.191 e. The van der Waals surface area contributed by atoms with Gasteiger partial charge in [-0.1, -0.05) is 0 Å². The topological polar surface area (TPSA) is 101 Å². The number of aliphatic imine (C=N–C) groups is 1. The number of rotatable bonds is 6. The molecule has 0 amide bonds. The summed E-state index contributed by atoms with van der Waals surface area (Å²) < 4.78 is 25.0. The molecule has 1 aromatic heterocycles. The quantitative estimate of drug-likeness (QED) is 0.370. The Labute approximate surface area is 155 Å². The standard InChI is InChI=1S/C13H26N6O2S.HI/c1-6-14-12(16-9-11-17-10-18-19(11)5)15-7-8-22(20,21)13(2,3)4;/h10H,6-9H2,1-5H3,(H2,14,15,16);1H. The molecule has 0 saturated heterocycles. The average Bonchev–Trinajstić information content (AvgIpc) is 2.80. The van der Waals surface area contributed by atoms with Crippen molar-refractivity contribution in [2.75, 3.05) is 18.8 Å². The van der Waals surface area contributed by atoms with Crippen molar-refractivity contribution in [3.05, 3.63) is 12.2 Å². The van der Waals surface area contributed by atoms with Crippen LogP contribution in [-0.2, 0) is 23.4 Å². The molecule has 0 aromatic carbocycles. The van der Waals surface area contributed by atoms with Crippen LogP contribution in [0.15, 0.2) is 11.3 Å². The molecule has 1 aromatic rings. The summed E-state index contributed by atoms with van der Waals surface area (Å²) in [4.78, 5) is 8.47. The lowest BCUT2D eigenvalue weighted by molar-refractivity contribution is 0.559. The molecular weight excluding hydrogens is 431 g/mol. The number of nitrogens with one attached hydrogen (secondary N) is 2. The summed E-state index contributed by atoms with van der Waals surface area (Å²) >= 11 is 0. The molecule has 0 aliphatic carbocycles. The van der Waals surface area contributed by atoms with E-state index in [0.29, 0.717) is 25.6 Å². The molecular formula is C13H27IN6O2S. The van der Waals surface area contributed by atoms with Crippen LogP contribution >= 0.6 is 24.0 Å². The van der Waals surface area contributed by atoms with E-state index in [4.69, 9.17) is 0 Å². The first-order valence-corrected chi connectivity index (χ1v) is 8.90. The maximum absolute atomic E-state index is 12.1. The van der Waals surface area contributed by atoms with Crippen LogP contribution in [0.5, 0.6) is 0 Å². The van der Waals surface area contributed by atoms with Gasteiger partial charge in [0.05, 0.1) is 10.5 Å². The summed E-state index contributed by atoms with van der Waals surface area (Å²) in [6.07, 6.45) is 1.47. The van der Waals surface area contributed by atoms with Gasteiger partial charge in [0, 0.05) is 20.1 Å². The number of aromatic nitrogens is 3. The van der Waals surface area contributed by atoms with E-state index in [-0.39, 0.29) is 29.7 Å². The monoisotopic (exact) mass is 458 g/mol. The molecule has 1 heterocycles. The van der Waals surface area contributed by atoms with Gasteiger partial charge in [0.15, 0.2) is 15.8 Å². The van der Waals surface area contributed by atoms with E-state index in [2.05, 4.69) is 25.7 Å². The Morgan fingerprint density at radius 1 is 1.35 bits per heavy atom. The van der Waals surface area contributed by atoms with Gasteiger partial charge < -0.3 is 10.6 Å². The second kappa shape index (κ2) is 9.40. The third kappa shape index (κ3) is 7.02. The fraction of sp³-hybridized carbons (Fsp3) is 0.769. The fourth-order valence-corrected chi connectivity index (χ4v) is 2.55. The molecule has 0 unspecified atom stereocenters. The zero-order valence-electron chi connectivity index (χ0n) is 14.3. The van der Waals surface area contributed by atoms with Crippen LogP contribution in [-0.4, -0.2) is 52.7 Å². The van der Waals surface area contributed by atoms with Gasteiger partial charge in [0.1, 0.15) is 18.7 Å². The molecule has 134 valence electrons. The van der Waals surface area contributed by atoms with E-state index < -0.39 is 14.6 Å². The van der Waals surface area contributed by atoms with Gasteiger partial charge in [0.25, 0.3) is 0 Å². The van der Waals surface area contributed by atoms with Crippen molar-refractivity contribution in [2.24, 2.45) is 12.0 Å². The predicted octanol–water partition coefficient (Wildman–Crippen LogP) is 0.701. The van der Waals surface area contributed by atoms with Crippen molar-refractivity contribution in [1.29, 1.82) is 0 Å². The van der Waals surface area contributed by atoms with Gasteiger partial charge in [-0.25, -0.2) is 18.4 Å². The molecule has 0 aliphatic rings. The second-order valence-electron chi connectivity index (χ2n) is 5.85. The van der Waals surface area contributed by atoms with Crippen molar-refractivity contribution in [3.8, 4) is 0 Å². The molecule has 23 heavy (non-hydrogen) atoms. The van der Waals surface area contributed by atoms with Crippen LogP contribution in [0.3, 0.4) is 0 Å². The summed E-state index contributed by atoms with van der Waals surface area (Å²) in [5, 5.41) is 10.1. The first-order chi connectivity index (χ1) is 10.2. The normalized spacial score (nSPS) is 12.7. The van der Waals surface area contributed by atoms with Gasteiger partial charge >= 0.3 is 0 Å². The highest BCUT2D eigenvalue weighted by atomic mass is 127. The Balaban J connectivity index is 0.00000484. The number of aryl methyl sites for hydroxylation is 1. The Kier molecular flexibility index (Phi) is 9.03. The van der Waals surface area contributed by atoms with Crippen molar-refractivity contribution in [3.63, 3.8) is 0 Å². The van der Waals surface area contributed by atoms with E-state index in [9.17, 15) is 8.42 Å². The number of sulfone groups is 1. The number of hydrogen-bond donors (Lipinski definition) is 2. The smallest absolute Gasteiger partial charge is 0.191 e. The Morgan fingerprint density at radius 2 is 2.00 bits per heavy atom. The van der Waals surface area contributed by atoms with Crippen molar-refractivity contribution in [1.82, 2.24) is 25.4 Å². The van der Waals surface area contributed by atoms with Crippen LogP contribution < -0.4 is 10.6 Å². The summed E-state index contributed by atoms with van der Waals surface area (Å²) in [7, 11) is -1.35. The fourth-order valence-electron chi connectivity index (χ4n) is 1.56. The summed E-state index contributed by atoms with van der Waals surface area (Å²) in [5.74, 6) is 1.36. The van der Waals surface area contributed by atoms with Gasteiger partial charge in [-0.15, -0.1) is 24.0 Å². The van der Waals surface area contributed by atoms with Crippen molar-refractivity contribution in [2.45, 2.75) is 39.0 Å². The minimum atomic E-state index is -3.14. The Bertz CT molecular complexity index is 606. The predicted molar refractivity (Wildman–Crippen MR) is 103 cm³/mol. The molecule has 0 bridgehead atoms. The molecule has 0 spiro atoms. The first-order valence-electron chi connectivity index (χ1n) is 7.24. The van der Waals surface area contributed by atoms with Gasteiger partial charge in [-0.05, 0) is 27.7 Å². The second-order valence-corrected chi connectivity index (χ2v) is 8.72. The van der Waals surface area contributed by atoms with Gasteiger partial charge in [-0.3, -0.25) is 4.68 Å². The highest BCUT2D eigenvalue weighted by molar-refractivity contribution is 14.0. The summed E-state index contributed by atoms with van der Waals surface area (Å²) in [6.45, 7) is 8.44. The number of hydrogen-bond acceptors (Lipinski definition) is 5. The molecule has 8 nitrogen and oxygen atoms in total. The number of guanidine groups is 1. The lowest BCUT2D eigenvalue weighted by atomic mass is 10.3. The largest absolute Gasteiger partial charge is 0.357 e. The molecule has 0 saturated carbocycles. The van der Waals surface area contributed by atoms with Crippen LogP contribution in [0.4, 0.5) is 0 Å². The van der Waals surface area contributed by atoms with E-state index in [1.807, 2.05) is 6.92 Å². The van der Waals surface area contributed by atoms with E-state index in [1.54, 1.807) is 32.5 Å². The Morgan fingerprint density at radius 3 is 2.48 bits per heavy atom. The lowest BCUT2D eigenvalue weighted by Gasteiger charge is -2.19. The maximum atomic E-state index is 12.1. The molecule has 0 radical (unpaired) electrons. The van der Waals surface area contributed by atoms with E-state index in [1.165, 1.54) is 6.33 Å². The highest BCUT2D eigenvalue weighted by Crippen LogP contribution is 2.15. The molecule has 1 rings (SSSR count). The Hall–Kier alpha value is -0.910. The average molecular weight is 458 g/mol. The highest BCUT2D eigenvalue weighted by Gasteiger charge is 2.28. The van der Waals surface area contributed by atoms with Crippen LogP contribution in [0.25, 0.3) is 0 Å². The minimum Gasteiger partial charge on any atom is -0.357 e. The zero-order valence-corrected chi connectivity index (χ0v) is 17.5. The molecule has 0 fully saturated rings. The molecule has 0 aliphatic heterocycles. The third-order valence-electron chi connectivity index (χ3n) is 3.12. The van der Waals surface area contributed by atoms with Gasteiger partial charge in [0.2, 0.25) is 0 Å². The number of nitrogens with zero attached hydrogens (tertiary/aromatic N) is 4. The van der Waals surface area contributed by atoms with Crippen molar-refractivity contribution >= 4 is 39.8 Å². The summed E-state index contributed by atoms with van der Waals surface area (Å²) in [5.41, 5.74) is 0. The number of halogens is 1. The minimum absolute atomic E-state index is 0. The molecule has 0 atom stereocenters. The SMILES string of the molecule is CCNC(=NCc1ncnn1C)NCCS(=O)(=O)C(C)(C)C.I. The van der Waals surface area contributed by atoms with E-state index >= 15 is 0 Å². The summed E-state index contributed by atoms with van der Waals surface area (Å²) in [6, 6.07) is 0. The van der Waals surface area contributed by atoms with Crippen LogP contribution in [0, 0.1) is 0 Å². The molecule has 2 N–H and O–H groups in total. The van der Waals surface area contributed by atoms with Crippen LogP contribution in [0.1, 0.15) is 33.5 Å². The lowest BCUT2D eigenvalue weighted by Crippen LogP contribution is -2.41.